The van der Waals surface area contributed by atoms with Crippen LogP contribution in [0.4, 0.5) is 0 Å². The summed E-state index contributed by atoms with van der Waals surface area (Å²) < 4.78 is 16.4. The molecule has 214 valence electrons. The van der Waals surface area contributed by atoms with Crippen molar-refractivity contribution in [1.29, 1.82) is 0 Å². The molecule has 0 aromatic carbocycles. The highest BCUT2D eigenvalue weighted by atomic mass is 28.4. The summed E-state index contributed by atoms with van der Waals surface area (Å²) in [7, 11) is -2.90. The molecule has 0 fully saturated rings. The maximum absolute atomic E-state index is 10.1. The zero-order valence-corrected chi connectivity index (χ0v) is 27.7. The fourth-order valence-electron chi connectivity index (χ4n) is 3.78. The van der Waals surface area contributed by atoms with Gasteiger partial charge in [-0.25, -0.2) is 9.67 Å². The molecule has 0 spiro atoms. The Morgan fingerprint density at radius 1 is 1.00 bits per heavy atom. The van der Waals surface area contributed by atoms with Crippen LogP contribution in [0.25, 0.3) is 22.0 Å². The molecule has 3 heterocycles. The predicted octanol–water partition coefficient (Wildman–Crippen LogP) is 6.75. The van der Waals surface area contributed by atoms with Gasteiger partial charge in [-0.05, 0) is 56.4 Å². The van der Waals surface area contributed by atoms with Crippen LogP contribution in [-0.4, -0.2) is 59.6 Å². The maximum atomic E-state index is 10.1. The standard InChI is InChI=1S/C30H48N4O3Si2/c1-29(2,3)39(9,10)37-15-11-14-33-22-27(24-19-32-34(21-24)23-36-16-17-38(6,7)8)26-18-25(31-20-28(26)33)12-13-30(4,5)35/h18-22,35H,11,14-17,23H2,1-10H3. The van der Waals surface area contributed by atoms with E-state index >= 15 is 0 Å². The van der Waals surface area contributed by atoms with Crippen molar-refractivity contribution in [3.05, 3.63) is 36.5 Å². The fraction of sp³-hybridized carbons (Fsp3) is 0.600. The number of pyridine rings is 1. The zero-order valence-electron chi connectivity index (χ0n) is 25.7. The number of hydrogen-bond acceptors (Lipinski definition) is 5. The van der Waals surface area contributed by atoms with Gasteiger partial charge in [0.15, 0.2) is 8.32 Å². The molecule has 0 bridgehead atoms. The summed E-state index contributed by atoms with van der Waals surface area (Å²) in [5.41, 5.74) is 2.71. The largest absolute Gasteiger partial charge is 0.417 e. The molecule has 1 N–H and O–H groups in total. The molecule has 39 heavy (non-hydrogen) atoms. The number of nitrogens with zero attached hydrogens (tertiary/aromatic N) is 4. The van der Waals surface area contributed by atoms with Crippen LogP contribution in [0.15, 0.2) is 30.9 Å². The van der Waals surface area contributed by atoms with Gasteiger partial charge < -0.3 is 18.8 Å². The maximum Gasteiger partial charge on any atom is 0.191 e. The number of rotatable bonds is 11. The average Bonchev–Trinajstić information content (AvgIpc) is 3.41. The van der Waals surface area contributed by atoms with E-state index in [9.17, 15) is 5.11 Å². The predicted molar refractivity (Wildman–Crippen MR) is 166 cm³/mol. The van der Waals surface area contributed by atoms with Crippen LogP contribution in [0.2, 0.25) is 43.8 Å². The number of aromatic nitrogens is 4. The van der Waals surface area contributed by atoms with Crippen LogP contribution in [0, 0.1) is 11.8 Å². The van der Waals surface area contributed by atoms with Crippen molar-refractivity contribution in [3.63, 3.8) is 0 Å². The smallest absolute Gasteiger partial charge is 0.191 e. The van der Waals surface area contributed by atoms with Crippen LogP contribution < -0.4 is 0 Å². The van der Waals surface area contributed by atoms with Gasteiger partial charge in [-0.2, -0.15) is 5.10 Å². The van der Waals surface area contributed by atoms with Gasteiger partial charge in [0.1, 0.15) is 18.0 Å². The first-order chi connectivity index (χ1) is 18.0. The summed E-state index contributed by atoms with van der Waals surface area (Å²) in [6.45, 7) is 24.6. The third-order valence-corrected chi connectivity index (χ3v) is 13.5. The van der Waals surface area contributed by atoms with Gasteiger partial charge in [-0.3, -0.25) is 0 Å². The molecular formula is C30H48N4O3Si2. The third kappa shape index (κ3) is 9.15. The average molecular weight is 569 g/mol. The lowest BCUT2D eigenvalue weighted by Crippen LogP contribution is -2.41. The van der Waals surface area contributed by atoms with E-state index in [1.165, 1.54) is 0 Å². The first-order valence-corrected chi connectivity index (χ1v) is 20.6. The molecule has 3 aromatic heterocycles. The number of ether oxygens (including phenoxy) is 1. The Kier molecular flexibility index (Phi) is 9.72. The van der Waals surface area contributed by atoms with Crippen molar-refractivity contribution in [2.45, 2.75) is 104 Å². The van der Waals surface area contributed by atoms with Gasteiger partial charge in [0.05, 0.1) is 17.9 Å². The number of aryl methyl sites for hydroxylation is 1. The van der Waals surface area contributed by atoms with Gasteiger partial charge in [-0.15, -0.1) is 0 Å². The van der Waals surface area contributed by atoms with Crippen LogP contribution in [0.1, 0.15) is 46.7 Å². The highest BCUT2D eigenvalue weighted by molar-refractivity contribution is 6.76. The summed E-state index contributed by atoms with van der Waals surface area (Å²) in [6, 6.07) is 3.14. The summed E-state index contributed by atoms with van der Waals surface area (Å²) >= 11 is 0. The van der Waals surface area contributed by atoms with Crippen LogP contribution in [0.5, 0.6) is 0 Å². The molecule has 3 rings (SSSR count). The fourth-order valence-corrected chi connectivity index (χ4v) is 5.62. The van der Waals surface area contributed by atoms with E-state index in [1.54, 1.807) is 13.8 Å². The minimum absolute atomic E-state index is 0.198. The first-order valence-electron chi connectivity index (χ1n) is 13.9. The molecule has 0 unspecified atom stereocenters. The Labute approximate surface area is 237 Å². The molecular weight excluding hydrogens is 521 g/mol. The van der Waals surface area contributed by atoms with Crippen molar-refractivity contribution in [2.75, 3.05) is 13.2 Å². The quantitative estimate of drug-likeness (QED) is 0.157. The molecule has 0 aliphatic rings. The minimum atomic E-state index is -1.78. The first kappa shape index (κ1) is 31.3. The number of aliphatic hydroxyl groups is 1. The van der Waals surface area contributed by atoms with E-state index in [0.29, 0.717) is 12.4 Å². The zero-order chi connectivity index (χ0) is 29.1. The van der Waals surface area contributed by atoms with Crippen LogP contribution in [-0.2, 0) is 22.4 Å². The van der Waals surface area contributed by atoms with E-state index in [1.807, 2.05) is 29.3 Å². The van der Waals surface area contributed by atoms with Crippen molar-refractivity contribution < 1.29 is 14.3 Å². The Morgan fingerprint density at radius 2 is 1.72 bits per heavy atom. The summed E-state index contributed by atoms with van der Waals surface area (Å²) in [5, 5.41) is 15.9. The Hall–Kier alpha value is -2.23. The van der Waals surface area contributed by atoms with E-state index in [2.05, 4.69) is 86.2 Å². The van der Waals surface area contributed by atoms with Crippen molar-refractivity contribution in [2.24, 2.45) is 0 Å². The lowest BCUT2D eigenvalue weighted by Gasteiger charge is -2.36. The minimum Gasteiger partial charge on any atom is -0.417 e. The Morgan fingerprint density at radius 3 is 2.36 bits per heavy atom. The molecule has 9 heteroatoms. The number of fused-ring (bicyclic) bond motifs is 1. The van der Waals surface area contributed by atoms with Gasteiger partial charge in [-0.1, -0.05) is 46.3 Å². The number of hydrogen-bond donors (Lipinski definition) is 1. The highest BCUT2D eigenvalue weighted by Gasteiger charge is 2.36. The molecule has 3 aromatic rings. The second-order valence-electron chi connectivity index (χ2n) is 13.7. The van der Waals surface area contributed by atoms with Crippen molar-refractivity contribution in [1.82, 2.24) is 19.3 Å². The lowest BCUT2D eigenvalue weighted by molar-refractivity contribution is 0.0786. The molecule has 0 saturated heterocycles. The normalized spacial score (nSPS) is 13.1. The SMILES string of the molecule is CC(C)(O)C#Cc1cc2c(-c3cnn(COCC[Si](C)(C)C)c3)cn(CCCO[Si](C)(C)C(C)(C)C)c2cn1. The van der Waals surface area contributed by atoms with Crippen LogP contribution >= 0.6 is 0 Å². The lowest BCUT2D eigenvalue weighted by atomic mass is 10.1. The summed E-state index contributed by atoms with van der Waals surface area (Å²) in [6.07, 6.45) is 8.91. The summed E-state index contributed by atoms with van der Waals surface area (Å²) in [5.74, 6) is 5.90. The van der Waals surface area contributed by atoms with Crippen LogP contribution in [0.3, 0.4) is 0 Å². The summed E-state index contributed by atoms with van der Waals surface area (Å²) in [4.78, 5) is 4.58. The monoisotopic (exact) mass is 568 g/mol. The van der Waals surface area contributed by atoms with E-state index in [4.69, 9.17) is 9.16 Å². The van der Waals surface area contributed by atoms with Crippen molar-refractivity contribution >= 4 is 27.3 Å². The highest BCUT2D eigenvalue weighted by Crippen LogP contribution is 2.36. The molecule has 0 amide bonds. The van der Waals surface area contributed by atoms with Gasteiger partial charge in [0, 0.05) is 56.7 Å². The topological polar surface area (TPSA) is 74.3 Å². The third-order valence-electron chi connectivity index (χ3n) is 7.24. The van der Waals surface area contributed by atoms with Gasteiger partial charge in [0.2, 0.25) is 0 Å². The van der Waals surface area contributed by atoms with Crippen molar-refractivity contribution in [3.8, 4) is 23.0 Å². The second-order valence-corrected chi connectivity index (χ2v) is 24.1. The van der Waals surface area contributed by atoms with Gasteiger partial charge in [0.25, 0.3) is 0 Å². The Balaban J connectivity index is 1.84. The molecule has 0 atom stereocenters. The second kappa shape index (κ2) is 12.1. The van der Waals surface area contributed by atoms with E-state index in [0.717, 1.165) is 54.3 Å². The molecule has 0 radical (unpaired) electrons. The van der Waals surface area contributed by atoms with E-state index < -0.39 is 22.0 Å². The molecule has 7 nitrogen and oxygen atoms in total. The van der Waals surface area contributed by atoms with E-state index in [-0.39, 0.29) is 5.04 Å². The van der Waals surface area contributed by atoms with Gasteiger partial charge >= 0.3 is 0 Å². The molecule has 0 aliphatic heterocycles. The molecule has 0 saturated carbocycles. The molecule has 0 aliphatic carbocycles. The Bertz CT molecular complexity index is 1310.